The lowest BCUT2D eigenvalue weighted by Gasteiger charge is -2.12. The summed E-state index contributed by atoms with van der Waals surface area (Å²) in [4.78, 5) is 4.40. The molecule has 100 valence electrons. The minimum absolute atomic E-state index is 0.808. The number of hydrogen-bond acceptors (Lipinski definition) is 2. The van der Waals surface area contributed by atoms with Gasteiger partial charge in [-0.25, -0.2) is 4.98 Å². The lowest BCUT2D eigenvalue weighted by Crippen LogP contribution is -2.05. The highest BCUT2D eigenvalue weighted by atomic mass is 79.9. The van der Waals surface area contributed by atoms with Crippen molar-refractivity contribution in [3.05, 3.63) is 56.7 Å². The van der Waals surface area contributed by atoms with E-state index in [1.807, 2.05) is 6.20 Å². The van der Waals surface area contributed by atoms with Gasteiger partial charge in [-0.15, -0.1) is 0 Å². The summed E-state index contributed by atoms with van der Waals surface area (Å²) in [7, 11) is 0. The Morgan fingerprint density at radius 1 is 0.947 bits per heavy atom. The van der Waals surface area contributed by atoms with E-state index in [-0.39, 0.29) is 0 Å². The van der Waals surface area contributed by atoms with Crippen LogP contribution in [0.1, 0.15) is 27.8 Å². The minimum Gasteiger partial charge on any atom is -0.366 e. The van der Waals surface area contributed by atoms with Crippen LogP contribution in [0.25, 0.3) is 0 Å². The smallest absolute Gasteiger partial charge is 0.129 e. The van der Waals surface area contributed by atoms with Crippen LogP contribution in [0.3, 0.4) is 0 Å². The number of hydrogen-bond donors (Lipinski definition) is 1. The zero-order chi connectivity index (χ0) is 14.0. The normalized spacial score (nSPS) is 10.6. The summed E-state index contributed by atoms with van der Waals surface area (Å²) >= 11 is 3.43. The Bertz CT molecular complexity index is 606. The van der Waals surface area contributed by atoms with E-state index in [1.54, 1.807) is 0 Å². The van der Waals surface area contributed by atoms with Gasteiger partial charge in [0.25, 0.3) is 0 Å². The first kappa shape index (κ1) is 14.1. The van der Waals surface area contributed by atoms with Crippen LogP contribution < -0.4 is 5.32 Å². The number of pyridine rings is 1. The highest BCUT2D eigenvalue weighted by Gasteiger charge is 2.04. The number of aryl methyl sites for hydroxylation is 4. The number of nitrogens with one attached hydrogen (secondary N) is 1. The van der Waals surface area contributed by atoms with Gasteiger partial charge in [-0.05, 0) is 77.5 Å². The Hall–Kier alpha value is -1.35. The van der Waals surface area contributed by atoms with E-state index in [4.69, 9.17) is 0 Å². The second kappa shape index (κ2) is 5.74. The summed E-state index contributed by atoms with van der Waals surface area (Å²) in [5.74, 6) is 0.945. The summed E-state index contributed by atoms with van der Waals surface area (Å²) in [6.07, 6.45) is 1.82. The van der Waals surface area contributed by atoms with E-state index in [2.05, 4.69) is 72.1 Å². The van der Waals surface area contributed by atoms with Crippen LogP contribution in [-0.2, 0) is 6.54 Å². The molecule has 1 aromatic carbocycles. The molecule has 0 aliphatic rings. The summed E-state index contributed by atoms with van der Waals surface area (Å²) < 4.78 is 1.01. The SMILES string of the molecule is Cc1cc(C)c(CNc2ncc(Br)cc2C)cc1C. The zero-order valence-corrected chi connectivity index (χ0v) is 13.4. The van der Waals surface area contributed by atoms with Crippen molar-refractivity contribution >= 4 is 21.7 Å². The average molecular weight is 319 g/mol. The molecule has 19 heavy (non-hydrogen) atoms. The minimum atomic E-state index is 0.808. The highest BCUT2D eigenvalue weighted by Crippen LogP contribution is 2.19. The third kappa shape index (κ3) is 3.35. The van der Waals surface area contributed by atoms with E-state index >= 15 is 0 Å². The second-order valence-corrected chi connectivity index (χ2v) is 5.95. The van der Waals surface area contributed by atoms with Gasteiger partial charge in [0.15, 0.2) is 0 Å². The third-order valence-electron chi connectivity index (χ3n) is 3.44. The number of benzene rings is 1. The quantitative estimate of drug-likeness (QED) is 0.888. The molecule has 0 amide bonds. The Kier molecular flexibility index (Phi) is 4.25. The maximum Gasteiger partial charge on any atom is 0.129 e. The summed E-state index contributed by atoms with van der Waals surface area (Å²) in [6.45, 7) is 9.34. The molecule has 0 bridgehead atoms. The van der Waals surface area contributed by atoms with Gasteiger partial charge in [0.05, 0.1) is 0 Å². The first-order valence-electron chi connectivity index (χ1n) is 6.40. The monoisotopic (exact) mass is 318 g/mol. The Labute approximate surface area is 123 Å². The van der Waals surface area contributed by atoms with Crippen molar-refractivity contribution in [3.63, 3.8) is 0 Å². The number of anilines is 1. The van der Waals surface area contributed by atoms with Gasteiger partial charge in [-0.3, -0.25) is 0 Å². The Balaban J connectivity index is 2.16. The van der Waals surface area contributed by atoms with Crippen LogP contribution >= 0.6 is 15.9 Å². The molecule has 3 heteroatoms. The maximum absolute atomic E-state index is 4.40. The predicted octanol–water partition coefficient (Wildman–Crippen LogP) is 4.69. The lowest BCUT2D eigenvalue weighted by molar-refractivity contribution is 1.06. The molecule has 1 N–H and O–H groups in total. The molecule has 0 spiro atoms. The van der Waals surface area contributed by atoms with Crippen LogP contribution in [0, 0.1) is 27.7 Å². The first-order valence-corrected chi connectivity index (χ1v) is 7.19. The van der Waals surface area contributed by atoms with Gasteiger partial charge in [0.1, 0.15) is 5.82 Å². The van der Waals surface area contributed by atoms with E-state index in [9.17, 15) is 0 Å². The number of rotatable bonds is 3. The van der Waals surface area contributed by atoms with E-state index in [0.717, 1.165) is 22.4 Å². The molecule has 0 aliphatic heterocycles. The lowest BCUT2D eigenvalue weighted by atomic mass is 10.0. The molecule has 0 aliphatic carbocycles. The molecule has 0 saturated carbocycles. The standard InChI is InChI=1S/C16H19BrN2/c1-10-5-12(3)14(6-11(10)2)8-18-16-13(4)7-15(17)9-19-16/h5-7,9H,8H2,1-4H3,(H,18,19). The number of nitrogens with zero attached hydrogens (tertiary/aromatic N) is 1. The van der Waals surface area contributed by atoms with Crippen molar-refractivity contribution in [1.29, 1.82) is 0 Å². The fourth-order valence-electron chi connectivity index (χ4n) is 2.12. The third-order valence-corrected chi connectivity index (χ3v) is 3.88. The molecule has 0 fully saturated rings. The Morgan fingerprint density at radius 3 is 2.32 bits per heavy atom. The van der Waals surface area contributed by atoms with Crippen LogP contribution in [-0.4, -0.2) is 4.98 Å². The second-order valence-electron chi connectivity index (χ2n) is 5.04. The van der Waals surface area contributed by atoms with E-state index < -0.39 is 0 Å². The van der Waals surface area contributed by atoms with Gasteiger partial charge in [-0.1, -0.05) is 12.1 Å². The molecule has 1 heterocycles. The van der Waals surface area contributed by atoms with Crippen LogP contribution in [0.15, 0.2) is 28.9 Å². The molecule has 0 unspecified atom stereocenters. The molecule has 0 radical (unpaired) electrons. The first-order chi connectivity index (χ1) is 8.97. The molecule has 0 saturated heterocycles. The summed E-state index contributed by atoms with van der Waals surface area (Å²) in [6, 6.07) is 6.57. The molecular weight excluding hydrogens is 300 g/mol. The van der Waals surface area contributed by atoms with Gasteiger partial charge in [-0.2, -0.15) is 0 Å². The van der Waals surface area contributed by atoms with Crippen molar-refractivity contribution < 1.29 is 0 Å². The maximum atomic E-state index is 4.40. The molecule has 2 rings (SSSR count). The fraction of sp³-hybridized carbons (Fsp3) is 0.312. The predicted molar refractivity (Wildman–Crippen MR) is 84.7 cm³/mol. The number of halogens is 1. The van der Waals surface area contributed by atoms with Crippen LogP contribution in [0.5, 0.6) is 0 Å². The summed E-state index contributed by atoms with van der Waals surface area (Å²) in [5, 5.41) is 3.41. The highest BCUT2D eigenvalue weighted by molar-refractivity contribution is 9.10. The fourth-order valence-corrected chi connectivity index (χ4v) is 2.56. The van der Waals surface area contributed by atoms with Gasteiger partial charge < -0.3 is 5.32 Å². The largest absolute Gasteiger partial charge is 0.366 e. The van der Waals surface area contributed by atoms with Gasteiger partial charge in [0.2, 0.25) is 0 Å². The molecule has 1 aromatic heterocycles. The number of aromatic nitrogens is 1. The zero-order valence-electron chi connectivity index (χ0n) is 11.8. The van der Waals surface area contributed by atoms with Crippen molar-refractivity contribution in [2.45, 2.75) is 34.2 Å². The summed E-state index contributed by atoms with van der Waals surface area (Å²) in [5.41, 5.74) is 6.48. The van der Waals surface area contributed by atoms with Gasteiger partial charge >= 0.3 is 0 Å². The van der Waals surface area contributed by atoms with Crippen molar-refractivity contribution in [2.75, 3.05) is 5.32 Å². The molecular formula is C16H19BrN2. The van der Waals surface area contributed by atoms with Crippen LogP contribution in [0.4, 0.5) is 5.82 Å². The van der Waals surface area contributed by atoms with Crippen molar-refractivity contribution in [2.24, 2.45) is 0 Å². The van der Waals surface area contributed by atoms with E-state index in [1.165, 1.54) is 22.3 Å². The molecule has 2 nitrogen and oxygen atoms in total. The van der Waals surface area contributed by atoms with Crippen molar-refractivity contribution in [3.8, 4) is 0 Å². The Morgan fingerprint density at radius 2 is 1.63 bits per heavy atom. The van der Waals surface area contributed by atoms with E-state index in [0.29, 0.717) is 0 Å². The van der Waals surface area contributed by atoms with Gasteiger partial charge in [0, 0.05) is 17.2 Å². The van der Waals surface area contributed by atoms with Crippen molar-refractivity contribution in [1.82, 2.24) is 4.98 Å². The molecule has 0 atom stereocenters. The van der Waals surface area contributed by atoms with Crippen LogP contribution in [0.2, 0.25) is 0 Å². The topological polar surface area (TPSA) is 24.9 Å². The molecule has 2 aromatic rings. The average Bonchev–Trinajstić information content (AvgIpc) is 2.34.